The van der Waals surface area contributed by atoms with Crippen LogP contribution in [-0.2, 0) is 10.0 Å². The number of rotatable bonds is 6. The lowest BCUT2D eigenvalue weighted by Crippen LogP contribution is -2.27. The summed E-state index contributed by atoms with van der Waals surface area (Å²) >= 11 is 0. The summed E-state index contributed by atoms with van der Waals surface area (Å²) in [6.07, 6.45) is 5.82. The van der Waals surface area contributed by atoms with Crippen LogP contribution in [0.4, 0.5) is 5.95 Å². The lowest BCUT2D eigenvalue weighted by Gasteiger charge is -2.14. The lowest BCUT2D eigenvalue weighted by molar-refractivity contribution is 0.565. The van der Waals surface area contributed by atoms with Crippen LogP contribution >= 0.6 is 0 Å². The second-order valence-electron chi connectivity index (χ2n) is 4.40. The SMILES string of the molecule is CCNc1ncc(S(=O)(=O)NC(C)c2cccnc2)cn1. The minimum absolute atomic E-state index is 0.0277. The van der Waals surface area contributed by atoms with Gasteiger partial charge in [0.15, 0.2) is 0 Å². The highest BCUT2D eigenvalue weighted by Crippen LogP contribution is 2.15. The summed E-state index contributed by atoms with van der Waals surface area (Å²) in [7, 11) is -3.67. The van der Waals surface area contributed by atoms with E-state index in [-0.39, 0.29) is 4.90 Å². The fourth-order valence-corrected chi connectivity index (χ4v) is 2.83. The Balaban J connectivity index is 2.14. The van der Waals surface area contributed by atoms with Gasteiger partial charge in [0.2, 0.25) is 16.0 Å². The van der Waals surface area contributed by atoms with E-state index in [2.05, 4.69) is 25.0 Å². The van der Waals surface area contributed by atoms with E-state index < -0.39 is 16.1 Å². The summed E-state index contributed by atoms with van der Waals surface area (Å²) in [5.41, 5.74) is 0.784. The third kappa shape index (κ3) is 3.96. The summed E-state index contributed by atoms with van der Waals surface area (Å²) in [6.45, 7) is 4.33. The first-order valence-electron chi connectivity index (χ1n) is 6.51. The smallest absolute Gasteiger partial charge is 0.244 e. The molecule has 0 aliphatic carbocycles. The van der Waals surface area contributed by atoms with Crippen LogP contribution in [-0.4, -0.2) is 29.9 Å². The zero-order valence-electron chi connectivity index (χ0n) is 11.8. The van der Waals surface area contributed by atoms with Crippen molar-refractivity contribution in [1.29, 1.82) is 0 Å². The maximum Gasteiger partial charge on any atom is 0.244 e. The zero-order chi connectivity index (χ0) is 15.3. The largest absolute Gasteiger partial charge is 0.355 e. The molecule has 0 spiro atoms. The topological polar surface area (TPSA) is 96.9 Å². The van der Waals surface area contributed by atoms with Crippen LogP contribution in [0.3, 0.4) is 0 Å². The van der Waals surface area contributed by atoms with E-state index in [1.807, 2.05) is 13.0 Å². The van der Waals surface area contributed by atoms with Crippen molar-refractivity contribution in [3.8, 4) is 0 Å². The molecule has 0 saturated heterocycles. The Hall–Kier alpha value is -2.06. The van der Waals surface area contributed by atoms with Crippen molar-refractivity contribution in [1.82, 2.24) is 19.7 Å². The summed E-state index contributed by atoms with van der Waals surface area (Å²) in [6, 6.07) is 3.18. The summed E-state index contributed by atoms with van der Waals surface area (Å²) in [4.78, 5) is 11.9. The predicted molar refractivity (Wildman–Crippen MR) is 79.2 cm³/mol. The number of nitrogens with zero attached hydrogens (tertiary/aromatic N) is 3. The van der Waals surface area contributed by atoms with Crippen molar-refractivity contribution in [2.24, 2.45) is 0 Å². The van der Waals surface area contributed by atoms with E-state index in [1.54, 1.807) is 25.4 Å². The highest BCUT2D eigenvalue weighted by Gasteiger charge is 2.19. The molecule has 2 N–H and O–H groups in total. The first-order valence-corrected chi connectivity index (χ1v) is 7.99. The molecule has 7 nitrogen and oxygen atoms in total. The highest BCUT2D eigenvalue weighted by molar-refractivity contribution is 7.89. The van der Waals surface area contributed by atoms with Gasteiger partial charge in [-0.3, -0.25) is 4.98 Å². The molecular weight excluding hydrogens is 290 g/mol. The fourth-order valence-electron chi connectivity index (χ4n) is 1.71. The molecule has 112 valence electrons. The van der Waals surface area contributed by atoms with E-state index in [0.717, 1.165) is 5.56 Å². The molecule has 21 heavy (non-hydrogen) atoms. The van der Waals surface area contributed by atoms with Crippen LogP contribution < -0.4 is 10.0 Å². The zero-order valence-corrected chi connectivity index (χ0v) is 12.6. The maximum atomic E-state index is 12.3. The number of pyridine rings is 1. The van der Waals surface area contributed by atoms with Crippen molar-refractivity contribution in [3.63, 3.8) is 0 Å². The Morgan fingerprint density at radius 3 is 2.52 bits per heavy atom. The van der Waals surface area contributed by atoms with Crippen molar-refractivity contribution in [2.45, 2.75) is 24.8 Å². The molecule has 2 aromatic rings. The van der Waals surface area contributed by atoms with Crippen molar-refractivity contribution in [2.75, 3.05) is 11.9 Å². The highest BCUT2D eigenvalue weighted by atomic mass is 32.2. The van der Waals surface area contributed by atoms with Crippen molar-refractivity contribution in [3.05, 3.63) is 42.5 Å². The normalized spacial score (nSPS) is 12.9. The molecule has 0 amide bonds. The Kier molecular flexibility index (Phi) is 4.81. The lowest BCUT2D eigenvalue weighted by atomic mass is 10.2. The third-order valence-corrected chi connectivity index (χ3v) is 4.28. The second-order valence-corrected chi connectivity index (χ2v) is 6.12. The van der Waals surface area contributed by atoms with Gasteiger partial charge in [0.25, 0.3) is 0 Å². The minimum Gasteiger partial charge on any atom is -0.355 e. The molecule has 2 heterocycles. The molecule has 0 fully saturated rings. The Morgan fingerprint density at radius 2 is 1.95 bits per heavy atom. The Labute approximate surface area is 123 Å². The monoisotopic (exact) mass is 307 g/mol. The molecule has 1 unspecified atom stereocenters. The average Bonchev–Trinajstić information content (AvgIpc) is 2.48. The van der Waals surface area contributed by atoms with Gasteiger partial charge in [-0.05, 0) is 25.5 Å². The molecule has 0 bridgehead atoms. The van der Waals surface area contributed by atoms with Crippen LogP contribution in [0.15, 0.2) is 41.8 Å². The van der Waals surface area contributed by atoms with Crippen molar-refractivity contribution >= 4 is 16.0 Å². The summed E-state index contributed by atoms with van der Waals surface area (Å²) in [5.74, 6) is 0.400. The first kappa shape index (κ1) is 15.3. The number of nitrogens with one attached hydrogen (secondary N) is 2. The molecule has 2 aromatic heterocycles. The van der Waals surface area contributed by atoms with E-state index in [9.17, 15) is 8.42 Å². The number of anilines is 1. The molecule has 0 aliphatic rings. The molecule has 2 rings (SSSR count). The van der Waals surface area contributed by atoms with Crippen LogP contribution in [0.2, 0.25) is 0 Å². The molecule has 0 aromatic carbocycles. The summed E-state index contributed by atoms with van der Waals surface area (Å²) in [5, 5.41) is 2.91. The standard InChI is InChI=1S/C13H17N5O2S/c1-3-15-13-16-8-12(9-17-13)21(19,20)18-10(2)11-5-4-6-14-7-11/h4-10,18H,3H2,1-2H3,(H,15,16,17). The van der Waals surface area contributed by atoms with Crippen LogP contribution in [0, 0.1) is 0 Å². The molecule has 0 aliphatic heterocycles. The second kappa shape index (κ2) is 6.59. The molecule has 0 radical (unpaired) electrons. The van der Waals surface area contributed by atoms with Gasteiger partial charge in [-0.2, -0.15) is 0 Å². The molecule has 1 atom stereocenters. The summed E-state index contributed by atoms with van der Waals surface area (Å²) < 4.78 is 27.1. The van der Waals surface area contributed by atoms with Gasteiger partial charge in [-0.15, -0.1) is 0 Å². The number of sulfonamides is 1. The Bertz CT molecular complexity index is 673. The van der Waals surface area contributed by atoms with Crippen LogP contribution in [0.25, 0.3) is 0 Å². The van der Waals surface area contributed by atoms with E-state index in [4.69, 9.17) is 0 Å². The van der Waals surface area contributed by atoms with Gasteiger partial charge in [0, 0.05) is 25.0 Å². The van der Waals surface area contributed by atoms with Gasteiger partial charge in [-0.25, -0.2) is 23.1 Å². The van der Waals surface area contributed by atoms with E-state index in [1.165, 1.54) is 12.4 Å². The van der Waals surface area contributed by atoms with E-state index in [0.29, 0.717) is 12.5 Å². The van der Waals surface area contributed by atoms with Gasteiger partial charge in [0.05, 0.1) is 12.4 Å². The van der Waals surface area contributed by atoms with Crippen molar-refractivity contribution < 1.29 is 8.42 Å². The van der Waals surface area contributed by atoms with E-state index >= 15 is 0 Å². The molecule has 0 saturated carbocycles. The Morgan fingerprint density at radius 1 is 1.24 bits per heavy atom. The minimum atomic E-state index is -3.67. The molecular formula is C13H17N5O2S. The van der Waals surface area contributed by atoms with Gasteiger partial charge in [0.1, 0.15) is 4.90 Å². The van der Waals surface area contributed by atoms with Gasteiger partial charge >= 0.3 is 0 Å². The third-order valence-electron chi connectivity index (χ3n) is 2.79. The predicted octanol–water partition coefficient (Wildman–Crippen LogP) is 1.34. The fraction of sp³-hybridized carbons (Fsp3) is 0.308. The first-order chi connectivity index (χ1) is 10.0. The quantitative estimate of drug-likeness (QED) is 0.836. The van der Waals surface area contributed by atoms with Crippen LogP contribution in [0.5, 0.6) is 0 Å². The molecule has 8 heteroatoms. The number of hydrogen-bond donors (Lipinski definition) is 2. The van der Waals surface area contributed by atoms with Crippen LogP contribution in [0.1, 0.15) is 25.5 Å². The maximum absolute atomic E-state index is 12.3. The number of hydrogen-bond acceptors (Lipinski definition) is 6. The average molecular weight is 307 g/mol. The van der Waals surface area contributed by atoms with Gasteiger partial charge < -0.3 is 5.32 Å². The van der Waals surface area contributed by atoms with Gasteiger partial charge in [-0.1, -0.05) is 6.07 Å². The number of aromatic nitrogens is 3.